The molecule has 2 aliphatic heterocycles. The highest BCUT2D eigenvalue weighted by Gasteiger charge is 2.33. The lowest BCUT2D eigenvalue weighted by Crippen LogP contribution is -2.49. The maximum Gasteiger partial charge on any atom is 0.290 e. The Balaban J connectivity index is 0.000000513. The van der Waals surface area contributed by atoms with Gasteiger partial charge in [0, 0.05) is 30.5 Å². The van der Waals surface area contributed by atoms with E-state index in [4.69, 9.17) is 24.5 Å². The molecule has 0 unspecified atom stereocenters. The van der Waals surface area contributed by atoms with Gasteiger partial charge in [-0.3, -0.25) is 9.59 Å². The molecule has 31 heavy (non-hydrogen) atoms. The number of aromatic hydroxyl groups is 1. The third-order valence-corrected chi connectivity index (χ3v) is 5.81. The summed E-state index contributed by atoms with van der Waals surface area (Å²) in [5.74, 6) is 2.26. The summed E-state index contributed by atoms with van der Waals surface area (Å²) in [6, 6.07) is 6.23. The highest BCUT2D eigenvalue weighted by atomic mass is 16.5. The molecule has 0 aliphatic carbocycles. The summed E-state index contributed by atoms with van der Waals surface area (Å²) in [5, 5.41) is 23.9. The molecule has 4 rings (SSSR count). The van der Waals surface area contributed by atoms with E-state index in [1.54, 1.807) is 19.2 Å². The number of imidazole rings is 1. The summed E-state index contributed by atoms with van der Waals surface area (Å²) < 4.78 is 7.40. The Hall–Kier alpha value is -3.07. The number of fused-ring (bicyclic) bond motifs is 1. The van der Waals surface area contributed by atoms with E-state index in [1.807, 2.05) is 12.3 Å². The molecule has 0 radical (unpaired) electrons. The van der Waals surface area contributed by atoms with Crippen molar-refractivity contribution in [3.05, 3.63) is 30.6 Å². The number of hydrogen-bond donors (Lipinski definition) is 3. The first kappa shape index (κ1) is 24.2. The van der Waals surface area contributed by atoms with Crippen LogP contribution in [0.15, 0.2) is 30.6 Å². The molecule has 2 saturated heterocycles. The summed E-state index contributed by atoms with van der Waals surface area (Å²) in [6.07, 6.45) is 10.6. The molecule has 1 aromatic heterocycles. The van der Waals surface area contributed by atoms with E-state index in [1.165, 1.54) is 45.2 Å². The van der Waals surface area contributed by atoms with E-state index in [0.29, 0.717) is 11.7 Å². The smallest absolute Gasteiger partial charge is 0.290 e. The van der Waals surface area contributed by atoms with E-state index in [-0.39, 0.29) is 18.7 Å². The van der Waals surface area contributed by atoms with Crippen LogP contribution >= 0.6 is 0 Å². The van der Waals surface area contributed by atoms with Gasteiger partial charge in [-0.25, -0.2) is 4.98 Å². The number of methoxy groups -OCH3 is 1. The summed E-state index contributed by atoms with van der Waals surface area (Å²) >= 11 is 0. The van der Waals surface area contributed by atoms with Gasteiger partial charge in [-0.1, -0.05) is 6.42 Å². The van der Waals surface area contributed by atoms with E-state index >= 15 is 0 Å². The summed E-state index contributed by atoms with van der Waals surface area (Å²) in [7, 11) is 1.56. The van der Waals surface area contributed by atoms with Crippen molar-refractivity contribution < 1.29 is 29.6 Å². The number of benzene rings is 1. The van der Waals surface area contributed by atoms with E-state index < -0.39 is 0 Å². The van der Waals surface area contributed by atoms with Crippen LogP contribution < -0.4 is 4.74 Å². The first-order valence-electron chi connectivity index (χ1n) is 10.4. The van der Waals surface area contributed by atoms with Crippen molar-refractivity contribution in [1.82, 2.24) is 14.5 Å². The van der Waals surface area contributed by atoms with Crippen LogP contribution in [-0.2, 0) is 16.1 Å². The first-order chi connectivity index (χ1) is 15.1. The van der Waals surface area contributed by atoms with Crippen molar-refractivity contribution in [3.63, 3.8) is 0 Å². The Kier molecular flexibility index (Phi) is 9.83. The zero-order valence-electron chi connectivity index (χ0n) is 17.8. The predicted molar refractivity (Wildman–Crippen MR) is 115 cm³/mol. The van der Waals surface area contributed by atoms with E-state index in [2.05, 4.69) is 20.6 Å². The average Bonchev–Trinajstić information content (AvgIpc) is 3.23. The SMILES string of the molecule is COc1ccc(-c2nccn2C[C@@H]2CCCN3CCCC[C@H]23)cc1O.O=CO.O=CO. The van der Waals surface area contributed by atoms with Gasteiger partial charge in [-0.05, 0) is 62.9 Å². The Labute approximate surface area is 181 Å². The molecule has 0 spiro atoms. The first-order valence-corrected chi connectivity index (χ1v) is 10.4. The molecule has 2 aromatic rings. The lowest BCUT2D eigenvalue weighted by molar-refractivity contribution is -0.123. The second-order valence-corrected chi connectivity index (χ2v) is 7.50. The van der Waals surface area contributed by atoms with Gasteiger partial charge in [-0.15, -0.1) is 0 Å². The molecule has 9 heteroatoms. The van der Waals surface area contributed by atoms with Crippen molar-refractivity contribution in [3.8, 4) is 22.9 Å². The number of hydrogen-bond acceptors (Lipinski definition) is 6. The standard InChI is InChI=1S/C20H27N3O2.2CH2O2/c1-25-19-8-7-15(13-18(19)24)20-21-9-12-23(20)14-16-5-4-11-22-10-3-2-6-17(16)22;2*2-1-3/h7-9,12-13,16-17,24H,2-6,10-11,14H2,1H3;2*1H,(H,2,3)/t16-,17+;;/m0../s1. The third-order valence-electron chi connectivity index (χ3n) is 5.81. The number of rotatable bonds is 4. The summed E-state index contributed by atoms with van der Waals surface area (Å²) in [6.45, 7) is 3.04. The van der Waals surface area contributed by atoms with Crippen LogP contribution in [0, 0.1) is 5.92 Å². The average molecular weight is 434 g/mol. The number of carbonyl (C=O) groups is 2. The van der Waals surface area contributed by atoms with Gasteiger partial charge in [0.2, 0.25) is 0 Å². The maximum absolute atomic E-state index is 10.1. The molecule has 1 aromatic carbocycles. The lowest BCUT2D eigenvalue weighted by atomic mass is 9.83. The number of nitrogens with zero attached hydrogens (tertiary/aromatic N) is 3. The number of phenols is 1. The number of aromatic nitrogens is 2. The monoisotopic (exact) mass is 433 g/mol. The van der Waals surface area contributed by atoms with Crippen LogP contribution in [0.3, 0.4) is 0 Å². The Morgan fingerprint density at radius 3 is 2.52 bits per heavy atom. The fourth-order valence-corrected chi connectivity index (χ4v) is 4.59. The quantitative estimate of drug-likeness (QED) is 0.629. The Morgan fingerprint density at radius 2 is 1.84 bits per heavy atom. The molecule has 170 valence electrons. The Morgan fingerprint density at radius 1 is 1.13 bits per heavy atom. The largest absolute Gasteiger partial charge is 0.504 e. The number of piperidine rings is 2. The molecule has 9 nitrogen and oxygen atoms in total. The van der Waals surface area contributed by atoms with Gasteiger partial charge >= 0.3 is 0 Å². The molecular weight excluding hydrogens is 402 g/mol. The molecular formula is C22H31N3O6. The van der Waals surface area contributed by atoms with Crippen molar-refractivity contribution in [2.75, 3.05) is 20.2 Å². The van der Waals surface area contributed by atoms with E-state index in [0.717, 1.165) is 24.0 Å². The normalized spacial score (nSPS) is 20.2. The number of carboxylic acid groups (broad SMARTS) is 2. The molecule has 0 saturated carbocycles. The van der Waals surface area contributed by atoms with Gasteiger partial charge < -0.3 is 29.5 Å². The van der Waals surface area contributed by atoms with Gasteiger partial charge in [0.05, 0.1) is 7.11 Å². The molecule has 2 atom stereocenters. The van der Waals surface area contributed by atoms with Crippen molar-refractivity contribution in [1.29, 1.82) is 0 Å². The molecule has 0 amide bonds. The lowest BCUT2D eigenvalue weighted by Gasteiger charge is -2.44. The van der Waals surface area contributed by atoms with Crippen molar-refractivity contribution in [2.45, 2.75) is 44.7 Å². The zero-order chi connectivity index (χ0) is 22.6. The maximum atomic E-state index is 10.1. The van der Waals surface area contributed by atoms with Crippen LogP contribution in [0.25, 0.3) is 11.4 Å². The molecule has 0 bridgehead atoms. The van der Waals surface area contributed by atoms with Gasteiger partial charge in [-0.2, -0.15) is 0 Å². The predicted octanol–water partition coefficient (Wildman–Crippen LogP) is 2.93. The Bertz CT molecular complexity index is 817. The van der Waals surface area contributed by atoms with Crippen LogP contribution in [0.1, 0.15) is 32.1 Å². The number of phenolic OH excluding ortho intramolecular Hbond substituents is 1. The minimum Gasteiger partial charge on any atom is -0.504 e. The fourth-order valence-electron chi connectivity index (χ4n) is 4.59. The second-order valence-electron chi connectivity index (χ2n) is 7.50. The van der Waals surface area contributed by atoms with Crippen LogP contribution in [0.4, 0.5) is 0 Å². The van der Waals surface area contributed by atoms with E-state index in [9.17, 15) is 5.11 Å². The zero-order valence-corrected chi connectivity index (χ0v) is 17.8. The van der Waals surface area contributed by atoms with Gasteiger partial charge in [0.25, 0.3) is 12.9 Å². The highest BCUT2D eigenvalue weighted by molar-refractivity contribution is 5.61. The van der Waals surface area contributed by atoms with Crippen LogP contribution in [0.5, 0.6) is 11.5 Å². The summed E-state index contributed by atoms with van der Waals surface area (Å²) in [4.78, 5) is 24.0. The molecule has 3 N–H and O–H groups in total. The molecule has 2 fully saturated rings. The molecule has 3 heterocycles. The van der Waals surface area contributed by atoms with Crippen LogP contribution in [-0.4, -0.2) is 69.0 Å². The second kappa shape index (κ2) is 12.6. The van der Waals surface area contributed by atoms with Crippen molar-refractivity contribution >= 4 is 12.9 Å². The minimum atomic E-state index is -0.250. The summed E-state index contributed by atoms with van der Waals surface area (Å²) in [5.41, 5.74) is 0.930. The van der Waals surface area contributed by atoms with Gasteiger partial charge in [0.1, 0.15) is 5.82 Å². The number of ether oxygens (including phenoxy) is 1. The topological polar surface area (TPSA) is 125 Å². The minimum absolute atomic E-state index is 0.158. The fraction of sp³-hybridized carbons (Fsp3) is 0.500. The third kappa shape index (κ3) is 6.45. The van der Waals surface area contributed by atoms with Gasteiger partial charge in [0.15, 0.2) is 11.5 Å². The van der Waals surface area contributed by atoms with Crippen LogP contribution in [0.2, 0.25) is 0 Å². The molecule has 2 aliphatic rings. The highest BCUT2D eigenvalue weighted by Crippen LogP contribution is 2.34. The van der Waals surface area contributed by atoms with Crippen molar-refractivity contribution in [2.24, 2.45) is 5.92 Å².